The number of benzene rings is 1. The van der Waals surface area contributed by atoms with Gasteiger partial charge >= 0.3 is 12.1 Å². The number of carboxylic acid groups (broad SMARTS) is 1. The predicted molar refractivity (Wildman–Crippen MR) is 132 cm³/mol. The summed E-state index contributed by atoms with van der Waals surface area (Å²) < 4.78 is 5.32. The topological polar surface area (TPSA) is 78.9 Å². The number of anilines is 1. The lowest BCUT2D eigenvalue weighted by Crippen LogP contribution is -2.42. The first-order valence-corrected chi connectivity index (χ1v) is 12.0. The van der Waals surface area contributed by atoms with E-state index in [1.54, 1.807) is 20.8 Å². The van der Waals surface area contributed by atoms with Crippen molar-refractivity contribution in [1.29, 1.82) is 0 Å². The number of hydrogen-bond donors (Lipinski definition) is 2. The fourth-order valence-corrected chi connectivity index (χ4v) is 4.14. The number of halogens is 2. The van der Waals surface area contributed by atoms with E-state index in [1.807, 2.05) is 0 Å². The number of nitrogens with zero attached hydrogens (tertiary/aromatic N) is 1. The van der Waals surface area contributed by atoms with Gasteiger partial charge in [0, 0.05) is 36.6 Å². The molecule has 0 fully saturated rings. The number of carbonyl (C=O) groups excluding carboxylic acids is 1. The van der Waals surface area contributed by atoms with E-state index in [2.05, 4.69) is 49.2 Å². The lowest BCUT2D eigenvalue weighted by molar-refractivity contribution is -0.137. The zero-order valence-corrected chi connectivity index (χ0v) is 21.6. The van der Waals surface area contributed by atoms with Crippen LogP contribution in [-0.4, -0.2) is 53.7 Å². The van der Waals surface area contributed by atoms with Gasteiger partial charge in [-0.25, -0.2) is 4.79 Å². The van der Waals surface area contributed by atoms with E-state index in [9.17, 15) is 14.7 Å². The van der Waals surface area contributed by atoms with Gasteiger partial charge < -0.3 is 20.1 Å². The Morgan fingerprint density at radius 3 is 2.22 bits per heavy atom. The summed E-state index contributed by atoms with van der Waals surface area (Å²) >= 11 is 11.9. The molecule has 1 amide bonds. The van der Waals surface area contributed by atoms with Crippen LogP contribution >= 0.6 is 23.2 Å². The lowest BCUT2D eigenvalue weighted by atomic mass is 9.78. The van der Waals surface area contributed by atoms with Crippen LogP contribution in [0.15, 0.2) is 18.2 Å². The molecule has 0 unspecified atom stereocenters. The average molecular weight is 489 g/mol. The molecule has 8 heteroatoms. The minimum absolute atomic E-state index is 0.166. The van der Waals surface area contributed by atoms with Gasteiger partial charge in [-0.15, -0.1) is 23.2 Å². The van der Waals surface area contributed by atoms with Crippen molar-refractivity contribution in [2.24, 2.45) is 5.41 Å². The van der Waals surface area contributed by atoms with Crippen LogP contribution in [0.4, 0.5) is 10.5 Å². The highest BCUT2D eigenvalue weighted by atomic mass is 35.5. The molecule has 32 heavy (non-hydrogen) atoms. The van der Waals surface area contributed by atoms with Gasteiger partial charge in [-0.1, -0.05) is 19.9 Å². The van der Waals surface area contributed by atoms with Crippen molar-refractivity contribution in [3.8, 4) is 0 Å². The van der Waals surface area contributed by atoms with Gasteiger partial charge in [-0.3, -0.25) is 4.79 Å². The maximum Gasteiger partial charge on any atom is 0.407 e. The number of nitrogens with one attached hydrogen (secondary N) is 1. The molecule has 0 aliphatic heterocycles. The first-order chi connectivity index (χ1) is 14.8. The molecule has 0 radical (unpaired) electrons. The summed E-state index contributed by atoms with van der Waals surface area (Å²) in [4.78, 5) is 25.8. The predicted octanol–water partition coefficient (Wildman–Crippen LogP) is 5.61. The van der Waals surface area contributed by atoms with Gasteiger partial charge in [0.15, 0.2) is 0 Å². The molecule has 1 rings (SSSR count). The average Bonchev–Trinajstić information content (AvgIpc) is 2.60. The lowest BCUT2D eigenvalue weighted by Gasteiger charge is -2.32. The molecule has 0 aliphatic carbocycles. The van der Waals surface area contributed by atoms with Crippen LogP contribution in [0.5, 0.6) is 0 Å². The molecule has 0 heterocycles. The third-order valence-electron chi connectivity index (χ3n) is 5.02. The maximum atomic E-state index is 12.2. The van der Waals surface area contributed by atoms with Crippen molar-refractivity contribution in [2.45, 2.75) is 72.4 Å². The molecule has 2 N–H and O–H groups in total. The minimum atomic E-state index is -0.960. The standard InChI is InChI=1S/C24H38Cl2N2O4/c1-17-7-8-20(28(11-9-25)12-10-26)13-18(17)15-24(5,6)16-19(14-21(29)30)27-22(31)32-23(2,3)4/h7-8,13,19H,9-12,14-16H2,1-6H3,(H,27,31)(H,29,30)/t19-/m0/s1. The molecule has 0 aliphatic rings. The van der Waals surface area contributed by atoms with Gasteiger partial charge in [-0.2, -0.15) is 0 Å². The number of rotatable bonds is 12. The van der Waals surface area contributed by atoms with E-state index < -0.39 is 23.7 Å². The highest BCUT2D eigenvalue weighted by molar-refractivity contribution is 6.18. The monoisotopic (exact) mass is 488 g/mol. The second-order valence-corrected chi connectivity index (χ2v) is 10.7. The van der Waals surface area contributed by atoms with Crippen LogP contribution < -0.4 is 10.2 Å². The molecule has 0 bridgehead atoms. The van der Waals surface area contributed by atoms with Crippen LogP contribution in [0.3, 0.4) is 0 Å². The summed E-state index contributed by atoms with van der Waals surface area (Å²) in [5.41, 5.74) is 2.49. The number of amides is 1. The molecule has 6 nitrogen and oxygen atoms in total. The molecule has 1 aromatic rings. The Bertz CT molecular complexity index is 757. The summed E-state index contributed by atoms with van der Waals surface area (Å²) in [6.07, 6.45) is 0.459. The molecule has 1 aromatic carbocycles. The van der Waals surface area contributed by atoms with Crippen molar-refractivity contribution in [3.05, 3.63) is 29.3 Å². The Morgan fingerprint density at radius 1 is 1.12 bits per heavy atom. The summed E-state index contributed by atoms with van der Waals surface area (Å²) in [6, 6.07) is 5.78. The minimum Gasteiger partial charge on any atom is -0.481 e. The van der Waals surface area contributed by atoms with Crippen molar-refractivity contribution in [3.63, 3.8) is 0 Å². The quantitative estimate of drug-likeness (QED) is 0.374. The fraction of sp³-hybridized carbons (Fsp3) is 0.667. The van der Waals surface area contributed by atoms with Gasteiger partial charge in [0.05, 0.1) is 6.42 Å². The normalized spacial score (nSPS) is 12.9. The second-order valence-electron chi connectivity index (χ2n) is 9.96. The maximum absolute atomic E-state index is 12.2. The van der Waals surface area contributed by atoms with Crippen molar-refractivity contribution >= 4 is 41.0 Å². The number of aliphatic carboxylic acids is 1. The first-order valence-electron chi connectivity index (χ1n) is 10.9. The van der Waals surface area contributed by atoms with Gasteiger partial charge in [0.2, 0.25) is 0 Å². The van der Waals surface area contributed by atoms with E-state index >= 15 is 0 Å². The Hall–Kier alpha value is -1.66. The molecule has 0 saturated carbocycles. The van der Waals surface area contributed by atoms with Crippen LogP contribution in [0.1, 0.15) is 58.6 Å². The Labute approximate surface area is 202 Å². The number of ether oxygens (including phenoxy) is 1. The number of aryl methyl sites for hydroxylation is 1. The molecular formula is C24H38Cl2N2O4. The number of alkyl halides is 2. The van der Waals surface area contributed by atoms with Crippen molar-refractivity contribution in [1.82, 2.24) is 5.32 Å². The molecule has 1 atom stereocenters. The Balaban J connectivity index is 3.01. The Morgan fingerprint density at radius 2 is 1.72 bits per heavy atom. The van der Waals surface area contributed by atoms with E-state index in [0.717, 1.165) is 17.7 Å². The van der Waals surface area contributed by atoms with Crippen LogP contribution in [-0.2, 0) is 16.0 Å². The smallest absolute Gasteiger partial charge is 0.407 e. The fourth-order valence-electron chi connectivity index (χ4n) is 3.73. The van der Waals surface area contributed by atoms with E-state index in [1.165, 1.54) is 5.56 Å². The SMILES string of the molecule is Cc1ccc(N(CCCl)CCCl)cc1CC(C)(C)C[C@H](CC(=O)O)NC(=O)OC(C)(C)C. The van der Waals surface area contributed by atoms with Crippen LogP contribution in [0.25, 0.3) is 0 Å². The molecule has 0 saturated heterocycles. The van der Waals surface area contributed by atoms with Gasteiger partial charge in [0.1, 0.15) is 5.60 Å². The number of carbonyl (C=O) groups is 2. The van der Waals surface area contributed by atoms with Crippen LogP contribution in [0.2, 0.25) is 0 Å². The van der Waals surface area contributed by atoms with E-state index in [-0.39, 0.29) is 11.8 Å². The first kappa shape index (κ1) is 28.4. The largest absolute Gasteiger partial charge is 0.481 e. The molecular weight excluding hydrogens is 451 g/mol. The van der Waals surface area contributed by atoms with Gasteiger partial charge in [0.25, 0.3) is 0 Å². The van der Waals surface area contributed by atoms with E-state index in [4.69, 9.17) is 27.9 Å². The zero-order valence-electron chi connectivity index (χ0n) is 20.1. The van der Waals surface area contributed by atoms with Crippen molar-refractivity contribution in [2.75, 3.05) is 29.7 Å². The number of alkyl carbamates (subject to hydrolysis) is 1. The second kappa shape index (κ2) is 12.5. The third kappa shape index (κ3) is 10.8. The molecule has 182 valence electrons. The van der Waals surface area contributed by atoms with E-state index in [0.29, 0.717) is 31.3 Å². The molecule has 0 aromatic heterocycles. The van der Waals surface area contributed by atoms with Crippen LogP contribution in [0, 0.1) is 12.3 Å². The number of hydrogen-bond acceptors (Lipinski definition) is 4. The summed E-state index contributed by atoms with van der Waals surface area (Å²) in [7, 11) is 0. The summed E-state index contributed by atoms with van der Waals surface area (Å²) in [6.45, 7) is 13.0. The Kier molecular flexibility index (Phi) is 11.1. The summed E-state index contributed by atoms with van der Waals surface area (Å²) in [5.74, 6) is 0.0650. The highest BCUT2D eigenvalue weighted by Gasteiger charge is 2.29. The zero-order chi connectivity index (χ0) is 24.5. The summed E-state index contributed by atoms with van der Waals surface area (Å²) in [5, 5.41) is 12.1. The van der Waals surface area contributed by atoms with Crippen molar-refractivity contribution < 1.29 is 19.4 Å². The molecule has 0 spiro atoms. The number of carboxylic acids is 1. The van der Waals surface area contributed by atoms with Gasteiger partial charge in [-0.05, 0) is 69.2 Å². The highest BCUT2D eigenvalue weighted by Crippen LogP contribution is 2.31. The third-order valence-corrected chi connectivity index (χ3v) is 5.35.